The second kappa shape index (κ2) is 7.23. The summed E-state index contributed by atoms with van der Waals surface area (Å²) in [5.41, 5.74) is 1.68. The highest BCUT2D eigenvalue weighted by molar-refractivity contribution is 9.10. The van der Waals surface area contributed by atoms with Crippen molar-refractivity contribution in [3.8, 4) is 0 Å². The lowest BCUT2D eigenvalue weighted by Crippen LogP contribution is -2.48. The second-order valence-corrected chi connectivity index (χ2v) is 6.62. The Labute approximate surface area is 143 Å². The molecule has 0 aromatic heterocycles. The summed E-state index contributed by atoms with van der Waals surface area (Å²) in [4.78, 5) is 16.6. The Kier molecular flexibility index (Phi) is 5.08. The number of halogens is 2. The maximum atomic E-state index is 13.2. The van der Waals surface area contributed by atoms with E-state index >= 15 is 0 Å². The van der Waals surface area contributed by atoms with Gasteiger partial charge in [-0.25, -0.2) is 4.39 Å². The van der Waals surface area contributed by atoms with Gasteiger partial charge in [0.25, 0.3) is 5.91 Å². The van der Waals surface area contributed by atoms with Crippen LogP contribution in [0.1, 0.15) is 15.9 Å². The van der Waals surface area contributed by atoms with Crippen LogP contribution in [0.4, 0.5) is 4.39 Å². The van der Waals surface area contributed by atoms with Crippen LogP contribution in [0.2, 0.25) is 0 Å². The van der Waals surface area contributed by atoms with Crippen LogP contribution in [0.3, 0.4) is 0 Å². The quantitative estimate of drug-likeness (QED) is 0.817. The molecule has 120 valence electrons. The molecule has 0 bridgehead atoms. The van der Waals surface area contributed by atoms with Gasteiger partial charge in [-0.3, -0.25) is 9.69 Å². The highest BCUT2D eigenvalue weighted by atomic mass is 79.9. The topological polar surface area (TPSA) is 23.6 Å². The zero-order chi connectivity index (χ0) is 16.2. The molecule has 0 radical (unpaired) electrons. The summed E-state index contributed by atoms with van der Waals surface area (Å²) in [6.07, 6.45) is 0. The summed E-state index contributed by atoms with van der Waals surface area (Å²) in [5, 5.41) is 0. The molecule has 0 unspecified atom stereocenters. The van der Waals surface area contributed by atoms with E-state index in [1.54, 1.807) is 12.1 Å². The number of benzene rings is 2. The molecule has 5 heteroatoms. The summed E-state index contributed by atoms with van der Waals surface area (Å²) in [6, 6.07) is 14.1. The van der Waals surface area contributed by atoms with Crippen LogP contribution in [0.15, 0.2) is 53.0 Å². The fourth-order valence-corrected chi connectivity index (χ4v) is 3.04. The molecule has 0 spiro atoms. The van der Waals surface area contributed by atoms with Crippen LogP contribution in [-0.2, 0) is 6.54 Å². The van der Waals surface area contributed by atoms with Crippen molar-refractivity contribution in [3.63, 3.8) is 0 Å². The molecule has 1 heterocycles. The SMILES string of the molecule is O=C(c1ccc(Br)cc1)N1CCN(Cc2cccc(F)c2)CC1. The van der Waals surface area contributed by atoms with E-state index in [-0.39, 0.29) is 11.7 Å². The van der Waals surface area contributed by atoms with Crippen LogP contribution < -0.4 is 0 Å². The van der Waals surface area contributed by atoms with Gasteiger partial charge in [-0.15, -0.1) is 0 Å². The predicted molar refractivity (Wildman–Crippen MR) is 91.7 cm³/mol. The van der Waals surface area contributed by atoms with E-state index < -0.39 is 0 Å². The van der Waals surface area contributed by atoms with Gasteiger partial charge in [-0.05, 0) is 42.0 Å². The second-order valence-electron chi connectivity index (χ2n) is 5.71. The summed E-state index contributed by atoms with van der Waals surface area (Å²) >= 11 is 3.38. The molecule has 1 amide bonds. The Bertz CT molecular complexity index is 682. The largest absolute Gasteiger partial charge is 0.336 e. The molecule has 0 N–H and O–H groups in total. The predicted octanol–water partition coefficient (Wildman–Crippen LogP) is 3.55. The number of piperazine rings is 1. The van der Waals surface area contributed by atoms with Crippen molar-refractivity contribution in [3.05, 3.63) is 69.9 Å². The summed E-state index contributed by atoms with van der Waals surface area (Å²) < 4.78 is 14.2. The number of amides is 1. The zero-order valence-electron chi connectivity index (χ0n) is 12.7. The van der Waals surface area contributed by atoms with E-state index in [2.05, 4.69) is 20.8 Å². The minimum Gasteiger partial charge on any atom is -0.336 e. The van der Waals surface area contributed by atoms with E-state index in [1.807, 2.05) is 35.2 Å². The zero-order valence-corrected chi connectivity index (χ0v) is 14.3. The highest BCUT2D eigenvalue weighted by Crippen LogP contribution is 2.15. The number of rotatable bonds is 3. The van der Waals surface area contributed by atoms with Crippen LogP contribution in [0.5, 0.6) is 0 Å². The lowest BCUT2D eigenvalue weighted by molar-refractivity contribution is 0.0628. The molecule has 1 aliphatic rings. The first-order valence-corrected chi connectivity index (χ1v) is 8.43. The van der Waals surface area contributed by atoms with Gasteiger partial charge in [-0.2, -0.15) is 0 Å². The smallest absolute Gasteiger partial charge is 0.253 e. The Morgan fingerprint density at radius 1 is 1.04 bits per heavy atom. The average molecular weight is 377 g/mol. The molecule has 1 aliphatic heterocycles. The number of carbonyl (C=O) groups is 1. The minimum absolute atomic E-state index is 0.0721. The number of nitrogens with zero attached hydrogens (tertiary/aromatic N) is 2. The molecule has 0 aliphatic carbocycles. The molecule has 3 rings (SSSR count). The third-order valence-corrected chi connectivity index (χ3v) is 4.57. The van der Waals surface area contributed by atoms with Gasteiger partial charge < -0.3 is 4.90 Å². The molecule has 2 aromatic carbocycles. The third-order valence-electron chi connectivity index (χ3n) is 4.05. The molecule has 2 aromatic rings. The Morgan fingerprint density at radius 2 is 1.74 bits per heavy atom. The average Bonchev–Trinajstić information content (AvgIpc) is 2.56. The molecule has 1 fully saturated rings. The maximum absolute atomic E-state index is 13.2. The van der Waals surface area contributed by atoms with Crippen LogP contribution in [0.25, 0.3) is 0 Å². The van der Waals surface area contributed by atoms with Crippen LogP contribution >= 0.6 is 15.9 Å². The lowest BCUT2D eigenvalue weighted by atomic mass is 10.1. The normalized spacial score (nSPS) is 15.7. The number of hydrogen-bond donors (Lipinski definition) is 0. The molecule has 0 saturated carbocycles. The van der Waals surface area contributed by atoms with Gasteiger partial charge in [0.2, 0.25) is 0 Å². The first-order chi connectivity index (χ1) is 11.1. The van der Waals surface area contributed by atoms with Crippen molar-refractivity contribution >= 4 is 21.8 Å². The van der Waals surface area contributed by atoms with Gasteiger partial charge in [0.05, 0.1) is 0 Å². The standard InChI is InChI=1S/C18H18BrFN2O/c19-16-6-4-15(5-7-16)18(23)22-10-8-21(9-11-22)13-14-2-1-3-17(20)12-14/h1-7,12H,8-11,13H2. The van der Waals surface area contributed by atoms with E-state index in [9.17, 15) is 9.18 Å². The number of hydrogen-bond acceptors (Lipinski definition) is 2. The summed E-state index contributed by atoms with van der Waals surface area (Å²) in [7, 11) is 0. The van der Waals surface area contributed by atoms with Gasteiger partial charge in [0, 0.05) is 42.8 Å². The lowest BCUT2D eigenvalue weighted by Gasteiger charge is -2.34. The fraction of sp³-hybridized carbons (Fsp3) is 0.278. The molecule has 1 saturated heterocycles. The Balaban J connectivity index is 1.55. The maximum Gasteiger partial charge on any atom is 0.253 e. The molecule has 23 heavy (non-hydrogen) atoms. The van der Waals surface area contributed by atoms with E-state index in [4.69, 9.17) is 0 Å². The van der Waals surface area contributed by atoms with Crippen molar-refractivity contribution in [2.45, 2.75) is 6.54 Å². The van der Waals surface area contributed by atoms with E-state index in [1.165, 1.54) is 6.07 Å². The minimum atomic E-state index is -0.202. The van der Waals surface area contributed by atoms with E-state index in [0.717, 1.165) is 29.7 Å². The molecule has 0 atom stereocenters. The highest BCUT2D eigenvalue weighted by Gasteiger charge is 2.22. The van der Waals surface area contributed by atoms with Gasteiger partial charge in [0.1, 0.15) is 5.82 Å². The van der Waals surface area contributed by atoms with Crippen molar-refractivity contribution in [1.82, 2.24) is 9.80 Å². The third kappa shape index (κ3) is 4.18. The molecular weight excluding hydrogens is 359 g/mol. The number of carbonyl (C=O) groups excluding carboxylic acids is 1. The van der Waals surface area contributed by atoms with Crippen molar-refractivity contribution in [1.29, 1.82) is 0 Å². The van der Waals surface area contributed by atoms with Gasteiger partial charge in [-0.1, -0.05) is 28.1 Å². The van der Waals surface area contributed by atoms with Crippen LogP contribution in [0, 0.1) is 5.82 Å². The first-order valence-electron chi connectivity index (χ1n) is 7.63. The monoisotopic (exact) mass is 376 g/mol. The van der Waals surface area contributed by atoms with Crippen LogP contribution in [-0.4, -0.2) is 41.9 Å². The molecule has 3 nitrogen and oxygen atoms in total. The van der Waals surface area contributed by atoms with Gasteiger partial charge in [0.15, 0.2) is 0 Å². The fourth-order valence-electron chi connectivity index (χ4n) is 2.78. The van der Waals surface area contributed by atoms with Crippen molar-refractivity contribution in [2.24, 2.45) is 0 Å². The Morgan fingerprint density at radius 3 is 2.39 bits per heavy atom. The Hall–Kier alpha value is -1.72. The first kappa shape index (κ1) is 16.1. The van der Waals surface area contributed by atoms with Crippen molar-refractivity contribution < 1.29 is 9.18 Å². The van der Waals surface area contributed by atoms with E-state index in [0.29, 0.717) is 18.7 Å². The van der Waals surface area contributed by atoms with Gasteiger partial charge >= 0.3 is 0 Å². The molecular formula is C18H18BrFN2O. The summed E-state index contributed by atoms with van der Waals surface area (Å²) in [5.74, 6) is -0.130. The summed E-state index contributed by atoms with van der Waals surface area (Å²) in [6.45, 7) is 3.73. The van der Waals surface area contributed by atoms with Crippen molar-refractivity contribution in [2.75, 3.05) is 26.2 Å².